The van der Waals surface area contributed by atoms with Crippen molar-refractivity contribution < 1.29 is 9.32 Å². The van der Waals surface area contributed by atoms with Gasteiger partial charge < -0.3 is 9.84 Å². The fourth-order valence-corrected chi connectivity index (χ4v) is 2.04. The molecule has 2 amide bonds. The van der Waals surface area contributed by atoms with Crippen molar-refractivity contribution in [3.63, 3.8) is 0 Å². The molecule has 7 heteroatoms. The van der Waals surface area contributed by atoms with Gasteiger partial charge >= 0.3 is 6.03 Å². The standard InChI is InChI=1S/C14H15N5O2/c1-9-6-13(21-19-9)17-14(20)15-5-4-10-2-3-11-8-16-18-12(11)7-10/h2-3,6-8H,4-5H2,1H3,(H,16,18)(H2,15,17,20). The Bertz CT molecular complexity index is 761. The van der Waals surface area contributed by atoms with E-state index in [-0.39, 0.29) is 6.03 Å². The Morgan fingerprint density at radius 1 is 1.38 bits per heavy atom. The number of amides is 2. The monoisotopic (exact) mass is 285 g/mol. The number of nitrogens with zero attached hydrogens (tertiary/aromatic N) is 2. The van der Waals surface area contributed by atoms with Crippen LogP contribution >= 0.6 is 0 Å². The molecule has 0 unspecified atom stereocenters. The third-order valence-corrected chi connectivity index (χ3v) is 3.07. The van der Waals surface area contributed by atoms with E-state index in [9.17, 15) is 4.79 Å². The molecule has 3 N–H and O–H groups in total. The van der Waals surface area contributed by atoms with Crippen LogP contribution in [0.15, 0.2) is 35.0 Å². The van der Waals surface area contributed by atoms with Crippen molar-refractivity contribution in [3.05, 3.63) is 41.7 Å². The zero-order chi connectivity index (χ0) is 14.7. The molecule has 0 saturated heterocycles. The van der Waals surface area contributed by atoms with E-state index >= 15 is 0 Å². The Morgan fingerprint density at radius 3 is 3.10 bits per heavy atom. The first-order valence-corrected chi connectivity index (χ1v) is 6.61. The van der Waals surface area contributed by atoms with Gasteiger partial charge in [0.05, 0.1) is 17.4 Å². The normalized spacial score (nSPS) is 10.7. The summed E-state index contributed by atoms with van der Waals surface area (Å²) in [6.45, 7) is 2.32. The third kappa shape index (κ3) is 3.19. The molecule has 1 aromatic carbocycles. The largest absolute Gasteiger partial charge is 0.338 e. The molecule has 21 heavy (non-hydrogen) atoms. The van der Waals surface area contributed by atoms with E-state index in [1.807, 2.05) is 18.2 Å². The predicted molar refractivity (Wildman–Crippen MR) is 78.1 cm³/mol. The Hall–Kier alpha value is -2.83. The first-order chi connectivity index (χ1) is 10.2. The zero-order valence-corrected chi connectivity index (χ0v) is 11.5. The molecule has 7 nitrogen and oxygen atoms in total. The fraction of sp³-hybridized carbons (Fsp3) is 0.214. The van der Waals surface area contributed by atoms with Gasteiger partial charge in [0.1, 0.15) is 0 Å². The molecule has 0 aliphatic heterocycles. The van der Waals surface area contributed by atoms with E-state index in [2.05, 4.69) is 26.0 Å². The highest BCUT2D eigenvalue weighted by Gasteiger charge is 2.05. The summed E-state index contributed by atoms with van der Waals surface area (Å²) in [7, 11) is 0. The SMILES string of the molecule is Cc1cc(NC(=O)NCCc2ccc3cn[nH]c3c2)on1. The lowest BCUT2D eigenvalue weighted by Gasteiger charge is -2.05. The van der Waals surface area contributed by atoms with Crippen LogP contribution in [0.1, 0.15) is 11.3 Å². The summed E-state index contributed by atoms with van der Waals surface area (Å²) < 4.78 is 4.91. The summed E-state index contributed by atoms with van der Waals surface area (Å²) in [5, 5.41) is 17.0. The lowest BCUT2D eigenvalue weighted by atomic mass is 10.1. The van der Waals surface area contributed by atoms with Crippen molar-refractivity contribution in [2.45, 2.75) is 13.3 Å². The van der Waals surface area contributed by atoms with E-state index in [1.54, 1.807) is 19.2 Å². The molecular weight excluding hydrogens is 270 g/mol. The molecule has 3 aromatic rings. The van der Waals surface area contributed by atoms with Crippen LogP contribution in [0.2, 0.25) is 0 Å². The summed E-state index contributed by atoms with van der Waals surface area (Å²) in [5.74, 6) is 0.337. The quantitative estimate of drug-likeness (QED) is 0.685. The lowest BCUT2D eigenvalue weighted by molar-refractivity contribution is 0.251. The van der Waals surface area contributed by atoms with E-state index in [0.717, 1.165) is 28.6 Å². The second-order valence-electron chi connectivity index (χ2n) is 4.76. The van der Waals surface area contributed by atoms with Gasteiger partial charge in [0.15, 0.2) is 0 Å². The minimum atomic E-state index is -0.311. The van der Waals surface area contributed by atoms with E-state index < -0.39 is 0 Å². The van der Waals surface area contributed by atoms with Crippen LogP contribution in [0, 0.1) is 6.92 Å². The van der Waals surface area contributed by atoms with E-state index in [4.69, 9.17) is 4.52 Å². The highest BCUT2D eigenvalue weighted by atomic mass is 16.5. The molecule has 0 saturated carbocycles. The van der Waals surface area contributed by atoms with Crippen LogP contribution in [0.25, 0.3) is 10.9 Å². The van der Waals surface area contributed by atoms with Gasteiger partial charge in [0, 0.05) is 18.0 Å². The zero-order valence-electron chi connectivity index (χ0n) is 11.5. The molecule has 2 aromatic heterocycles. The summed E-state index contributed by atoms with van der Waals surface area (Å²) >= 11 is 0. The average Bonchev–Trinajstić information content (AvgIpc) is 3.07. The number of H-pyrrole nitrogens is 1. The molecule has 0 radical (unpaired) electrons. The highest BCUT2D eigenvalue weighted by Crippen LogP contribution is 2.13. The average molecular weight is 285 g/mol. The van der Waals surface area contributed by atoms with Crippen molar-refractivity contribution in [2.75, 3.05) is 11.9 Å². The van der Waals surface area contributed by atoms with Gasteiger partial charge in [-0.2, -0.15) is 5.10 Å². The third-order valence-electron chi connectivity index (χ3n) is 3.07. The maximum Gasteiger partial charge on any atom is 0.321 e. The van der Waals surface area contributed by atoms with Gasteiger partial charge in [-0.3, -0.25) is 10.4 Å². The second-order valence-corrected chi connectivity index (χ2v) is 4.76. The van der Waals surface area contributed by atoms with Crippen molar-refractivity contribution in [3.8, 4) is 0 Å². The van der Waals surface area contributed by atoms with Gasteiger partial charge in [-0.1, -0.05) is 17.3 Å². The van der Waals surface area contributed by atoms with Crippen molar-refractivity contribution >= 4 is 22.8 Å². The first kappa shape index (κ1) is 13.2. The summed E-state index contributed by atoms with van der Waals surface area (Å²) in [6.07, 6.45) is 2.52. The Balaban J connectivity index is 1.49. The molecule has 0 aliphatic carbocycles. The van der Waals surface area contributed by atoms with Gasteiger partial charge in [0.25, 0.3) is 0 Å². The predicted octanol–water partition coefficient (Wildman–Crippen LogP) is 2.22. The van der Waals surface area contributed by atoms with Crippen LogP contribution in [-0.4, -0.2) is 27.9 Å². The number of hydrogen-bond donors (Lipinski definition) is 3. The van der Waals surface area contributed by atoms with Crippen molar-refractivity contribution in [2.24, 2.45) is 0 Å². The minimum Gasteiger partial charge on any atom is -0.338 e. The molecule has 108 valence electrons. The number of aromatic amines is 1. The van der Waals surface area contributed by atoms with E-state index in [1.165, 1.54) is 0 Å². The van der Waals surface area contributed by atoms with Crippen LogP contribution in [0.4, 0.5) is 10.7 Å². The Morgan fingerprint density at radius 2 is 2.29 bits per heavy atom. The van der Waals surface area contributed by atoms with Gasteiger partial charge in [-0.15, -0.1) is 0 Å². The molecule has 3 rings (SSSR count). The summed E-state index contributed by atoms with van der Waals surface area (Å²) in [4.78, 5) is 11.7. The molecule has 0 spiro atoms. The Kier molecular flexibility index (Phi) is 3.55. The Labute approximate surface area is 120 Å². The van der Waals surface area contributed by atoms with Gasteiger partial charge in [-0.25, -0.2) is 4.79 Å². The summed E-state index contributed by atoms with van der Waals surface area (Å²) in [5.41, 5.74) is 2.84. The number of anilines is 1. The number of urea groups is 1. The number of hydrogen-bond acceptors (Lipinski definition) is 4. The number of nitrogens with one attached hydrogen (secondary N) is 3. The number of carbonyl (C=O) groups is 1. The topological polar surface area (TPSA) is 95.8 Å². The molecule has 0 fully saturated rings. The van der Waals surface area contributed by atoms with Crippen molar-refractivity contribution in [1.82, 2.24) is 20.7 Å². The number of benzene rings is 1. The highest BCUT2D eigenvalue weighted by molar-refractivity contribution is 5.87. The molecule has 0 atom stereocenters. The minimum absolute atomic E-state index is 0.311. The fourth-order valence-electron chi connectivity index (χ4n) is 2.04. The van der Waals surface area contributed by atoms with Crippen molar-refractivity contribution in [1.29, 1.82) is 0 Å². The first-order valence-electron chi connectivity index (χ1n) is 6.61. The van der Waals surface area contributed by atoms with Crippen LogP contribution in [0.3, 0.4) is 0 Å². The number of aromatic nitrogens is 3. The van der Waals surface area contributed by atoms with Crippen LogP contribution < -0.4 is 10.6 Å². The number of carbonyl (C=O) groups excluding carboxylic acids is 1. The van der Waals surface area contributed by atoms with Crippen LogP contribution in [0.5, 0.6) is 0 Å². The number of rotatable bonds is 4. The van der Waals surface area contributed by atoms with Gasteiger partial charge in [-0.05, 0) is 25.0 Å². The maximum atomic E-state index is 11.7. The molecule has 0 aliphatic rings. The summed E-state index contributed by atoms with van der Waals surface area (Å²) in [6, 6.07) is 7.41. The smallest absolute Gasteiger partial charge is 0.321 e. The number of fused-ring (bicyclic) bond motifs is 1. The van der Waals surface area contributed by atoms with Crippen LogP contribution in [-0.2, 0) is 6.42 Å². The molecule has 0 bridgehead atoms. The lowest BCUT2D eigenvalue weighted by Crippen LogP contribution is -2.30. The maximum absolute atomic E-state index is 11.7. The van der Waals surface area contributed by atoms with Gasteiger partial charge in [0.2, 0.25) is 5.88 Å². The molecular formula is C14H15N5O2. The molecule has 2 heterocycles. The second kappa shape index (κ2) is 5.66. The number of aryl methyl sites for hydroxylation is 1. The van der Waals surface area contributed by atoms with E-state index in [0.29, 0.717) is 12.4 Å².